The molecule has 0 spiro atoms. The molecule has 0 atom stereocenters. The third kappa shape index (κ3) is 4.55. The van der Waals surface area contributed by atoms with Gasteiger partial charge < -0.3 is 15.2 Å². The number of hydrogen-bond acceptors (Lipinski definition) is 3. The van der Waals surface area contributed by atoms with E-state index in [2.05, 4.69) is 32.1 Å². The molecule has 7 heteroatoms. The summed E-state index contributed by atoms with van der Waals surface area (Å²) < 4.78 is 14.7. The summed E-state index contributed by atoms with van der Waals surface area (Å²) in [5.41, 5.74) is 0.455. The van der Waals surface area contributed by atoms with E-state index < -0.39 is 5.95 Å². The lowest BCUT2D eigenvalue weighted by Crippen LogP contribution is -2.30. The maximum absolute atomic E-state index is 12.6. The molecule has 2 heterocycles. The Morgan fingerprint density at radius 3 is 2.95 bits per heavy atom. The van der Waals surface area contributed by atoms with Crippen molar-refractivity contribution in [3.63, 3.8) is 0 Å². The van der Waals surface area contributed by atoms with Crippen LogP contribution in [-0.4, -0.2) is 27.1 Å². The van der Waals surface area contributed by atoms with Gasteiger partial charge in [0.2, 0.25) is 5.95 Å². The first-order chi connectivity index (χ1) is 10.2. The van der Waals surface area contributed by atoms with Crippen LogP contribution in [0, 0.1) is 5.95 Å². The number of halogens is 1. The zero-order chi connectivity index (χ0) is 15.1. The summed E-state index contributed by atoms with van der Waals surface area (Å²) in [5.74, 6) is 0.463. The Balaban J connectivity index is 1.68. The van der Waals surface area contributed by atoms with Gasteiger partial charge >= 0.3 is 6.03 Å². The molecule has 0 bridgehead atoms. The molecule has 0 fully saturated rings. The van der Waals surface area contributed by atoms with E-state index in [1.807, 2.05) is 6.20 Å². The quantitative estimate of drug-likeness (QED) is 0.633. The highest BCUT2D eigenvalue weighted by Gasteiger charge is 2.03. The fourth-order valence-corrected chi connectivity index (χ4v) is 1.93. The average Bonchev–Trinajstić information content (AvgIpc) is 2.93. The molecule has 2 N–H and O–H groups in total. The minimum Gasteiger partial charge on any atom is -0.338 e. The lowest BCUT2D eigenvalue weighted by Gasteiger charge is -2.09. The molecule has 2 aromatic rings. The molecule has 0 radical (unpaired) electrons. The van der Waals surface area contributed by atoms with Gasteiger partial charge in [-0.25, -0.2) is 14.8 Å². The molecule has 6 nitrogen and oxygen atoms in total. The number of urea groups is 1. The van der Waals surface area contributed by atoms with Gasteiger partial charge in [-0.2, -0.15) is 4.39 Å². The van der Waals surface area contributed by atoms with Crippen molar-refractivity contribution in [3.05, 3.63) is 42.5 Å². The standard InChI is InChI=1S/C14H18FN5O/c1-2-13-16-7-9-20(13)8-3-6-17-14(21)19-11-4-5-12(15)18-10-11/h4-5,7,9-10H,2-3,6,8H2,1H3,(H2,17,19,21). The van der Waals surface area contributed by atoms with Crippen LogP contribution in [0.5, 0.6) is 0 Å². The number of anilines is 1. The number of carbonyl (C=O) groups is 1. The van der Waals surface area contributed by atoms with E-state index >= 15 is 0 Å². The van der Waals surface area contributed by atoms with E-state index in [9.17, 15) is 9.18 Å². The molecule has 112 valence electrons. The number of nitrogens with zero attached hydrogens (tertiary/aromatic N) is 3. The lowest BCUT2D eigenvalue weighted by molar-refractivity contribution is 0.252. The normalized spacial score (nSPS) is 10.4. The van der Waals surface area contributed by atoms with Crippen molar-refractivity contribution in [2.24, 2.45) is 0 Å². The first-order valence-electron chi connectivity index (χ1n) is 6.85. The number of hydrogen-bond donors (Lipinski definition) is 2. The van der Waals surface area contributed by atoms with Crippen LogP contribution in [-0.2, 0) is 13.0 Å². The van der Waals surface area contributed by atoms with Crippen LogP contribution in [0.3, 0.4) is 0 Å². The summed E-state index contributed by atoms with van der Waals surface area (Å²) in [6.07, 6.45) is 6.68. The van der Waals surface area contributed by atoms with Crippen LogP contribution in [0.25, 0.3) is 0 Å². The molecule has 0 aliphatic carbocycles. The Morgan fingerprint density at radius 2 is 2.24 bits per heavy atom. The first-order valence-corrected chi connectivity index (χ1v) is 6.85. The van der Waals surface area contributed by atoms with E-state index in [1.54, 1.807) is 6.20 Å². The first kappa shape index (κ1) is 15.0. The Hall–Kier alpha value is -2.44. The minimum absolute atomic E-state index is 0.329. The van der Waals surface area contributed by atoms with Gasteiger partial charge in [-0.15, -0.1) is 0 Å². The Morgan fingerprint density at radius 1 is 1.38 bits per heavy atom. The maximum Gasteiger partial charge on any atom is 0.319 e. The molecule has 2 amide bonds. The summed E-state index contributed by atoms with van der Waals surface area (Å²) >= 11 is 0. The van der Waals surface area contributed by atoms with E-state index in [1.165, 1.54) is 18.3 Å². The van der Waals surface area contributed by atoms with Gasteiger partial charge in [0, 0.05) is 31.9 Å². The summed E-state index contributed by atoms with van der Waals surface area (Å²) in [7, 11) is 0. The molecule has 0 saturated heterocycles. The highest BCUT2D eigenvalue weighted by molar-refractivity contribution is 5.88. The number of amides is 2. The summed E-state index contributed by atoms with van der Waals surface area (Å²) in [6.45, 7) is 3.41. The second kappa shape index (κ2) is 7.37. The molecule has 0 aliphatic heterocycles. The fraction of sp³-hybridized carbons (Fsp3) is 0.357. The SMILES string of the molecule is CCc1nccn1CCCNC(=O)Nc1ccc(F)nc1. The number of aromatic nitrogens is 3. The Labute approximate surface area is 122 Å². The van der Waals surface area contributed by atoms with Gasteiger partial charge in [-0.3, -0.25) is 0 Å². The molecule has 2 aromatic heterocycles. The molecular weight excluding hydrogens is 273 g/mol. The van der Waals surface area contributed by atoms with Crippen molar-refractivity contribution in [3.8, 4) is 0 Å². The fourth-order valence-electron chi connectivity index (χ4n) is 1.93. The topological polar surface area (TPSA) is 71.8 Å². The van der Waals surface area contributed by atoms with Gasteiger partial charge in [0.25, 0.3) is 0 Å². The van der Waals surface area contributed by atoms with Gasteiger partial charge in [0.1, 0.15) is 5.82 Å². The molecular formula is C14H18FN5O. The zero-order valence-electron chi connectivity index (χ0n) is 11.8. The summed E-state index contributed by atoms with van der Waals surface area (Å²) in [6, 6.07) is 2.33. The molecule has 2 rings (SSSR count). The Bertz CT molecular complexity index is 581. The van der Waals surface area contributed by atoms with Crippen LogP contribution in [0.15, 0.2) is 30.7 Å². The smallest absolute Gasteiger partial charge is 0.319 e. The number of pyridine rings is 1. The highest BCUT2D eigenvalue weighted by atomic mass is 19.1. The number of carbonyl (C=O) groups excluding carboxylic acids is 1. The van der Waals surface area contributed by atoms with Crippen LogP contribution in [0.1, 0.15) is 19.2 Å². The van der Waals surface area contributed by atoms with Crippen molar-refractivity contribution in [1.29, 1.82) is 0 Å². The van der Waals surface area contributed by atoms with Crippen molar-refractivity contribution in [2.45, 2.75) is 26.3 Å². The molecule has 0 aromatic carbocycles. The second-order valence-corrected chi connectivity index (χ2v) is 4.49. The molecule has 0 saturated carbocycles. The van der Waals surface area contributed by atoms with Crippen LogP contribution in [0.4, 0.5) is 14.9 Å². The third-order valence-electron chi connectivity index (χ3n) is 2.96. The zero-order valence-corrected chi connectivity index (χ0v) is 11.8. The molecule has 21 heavy (non-hydrogen) atoms. The van der Waals surface area contributed by atoms with Crippen molar-refractivity contribution in [1.82, 2.24) is 19.9 Å². The third-order valence-corrected chi connectivity index (χ3v) is 2.96. The molecule has 0 aliphatic rings. The predicted octanol–water partition coefficient (Wildman–Crippen LogP) is 2.19. The van der Waals surface area contributed by atoms with Gasteiger partial charge in [0.15, 0.2) is 0 Å². The maximum atomic E-state index is 12.6. The van der Waals surface area contributed by atoms with Gasteiger partial charge in [0.05, 0.1) is 11.9 Å². The highest BCUT2D eigenvalue weighted by Crippen LogP contribution is 2.04. The van der Waals surface area contributed by atoms with Crippen molar-refractivity contribution >= 4 is 11.7 Å². The van der Waals surface area contributed by atoms with Crippen LogP contribution < -0.4 is 10.6 Å². The van der Waals surface area contributed by atoms with E-state index in [-0.39, 0.29) is 6.03 Å². The average molecular weight is 291 g/mol. The number of rotatable bonds is 6. The summed E-state index contributed by atoms with van der Waals surface area (Å²) in [4.78, 5) is 19.3. The number of imidazole rings is 1. The van der Waals surface area contributed by atoms with Gasteiger partial charge in [-0.05, 0) is 18.6 Å². The van der Waals surface area contributed by atoms with Gasteiger partial charge in [-0.1, -0.05) is 6.92 Å². The lowest BCUT2D eigenvalue weighted by atomic mass is 10.4. The number of aryl methyl sites for hydroxylation is 2. The van der Waals surface area contributed by atoms with Crippen molar-refractivity contribution in [2.75, 3.05) is 11.9 Å². The Kier molecular flexibility index (Phi) is 5.25. The summed E-state index contributed by atoms with van der Waals surface area (Å²) in [5, 5.41) is 5.33. The predicted molar refractivity (Wildman–Crippen MR) is 77.4 cm³/mol. The van der Waals surface area contributed by atoms with Crippen LogP contribution >= 0.6 is 0 Å². The van der Waals surface area contributed by atoms with E-state index in [4.69, 9.17) is 0 Å². The van der Waals surface area contributed by atoms with E-state index in [0.717, 1.165) is 25.2 Å². The minimum atomic E-state index is -0.576. The number of nitrogens with one attached hydrogen (secondary N) is 2. The van der Waals surface area contributed by atoms with Crippen LogP contribution in [0.2, 0.25) is 0 Å². The monoisotopic (exact) mass is 291 g/mol. The molecule has 0 unspecified atom stereocenters. The second-order valence-electron chi connectivity index (χ2n) is 4.49. The van der Waals surface area contributed by atoms with Crippen molar-refractivity contribution < 1.29 is 9.18 Å². The van der Waals surface area contributed by atoms with E-state index in [0.29, 0.717) is 12.2 Å². The largest absolute Gasteiger partial charge is 0.338 e.